The average Bonchev–Trinajstić information content (AvgIpc) is 2.21. The summed E-state index contributed by atoms with van der Waals surface area (Å²) in [6, 6.07) is 0. The lowest BCUT2D eigenvalue weighted by Gasteiger charge is -2.41. The molecule has 0 saturated carbocycles. The number of imide groups is 1. The van der Waals surface area contributed by atoms with E-state index in [1.54, 1.807) is 13.8 Å². The highest BCUT2D eigenvalue weighted by Crippen LogP contribution is 2.23. The van der Waals surface area contributed by atoms with E-state index in [1.165, 1.54) is 4.90 Å². The van der Waals surface area contributed by atoms with Crippen molar-refractivity contribution in [3.63, 3.8) is 0 Å². The number of nitrogens with zero attached hydrogens (tertiary/aromatic N) is 1. The summed E-state index contributed by atoms with van der Waals surface area (Å²) in [5, 5.41) is 2.24. The fraction of sp³-hybridized carbons (Fsp3) is 0.727. The van der Waals surface area contributed by atoms with Gasteiger partial charge in [0.15, 0.2) is 0 Å². The Morgan fingerprint density at radius 2 is 1.94 bits per heavy atom. The van der Waals surface area contributed by atoms with E-state index in [2.05, 4.69) is 21.2 Å². The lowest BCUT2D eigenvalue weighted by atomic mass is 9.97. The van der Waals surface area contributed by atoms with Crippen molar-refractivity contribution in [2.75, 3.05) is 6.54 Å². The van der Waals surface area contributed by atoms with Crippen molar-refractivity contribution in [1.82, 2.24) is 10.2 Å². The first kappa shape index (κ1) is 14.2. The third-order valence-corrected chi connectivity index (χ3v) is 4.32. The van der Waals surface area contributed by atoms with Gasteiger partial charge in [-0.15, -0.1) is 0 Å². The van der Waals surface area contributed by atoms with Crippen LogP contribution >= 0.6 is 15.9 Å². The van der Waals surface area contributed by atoms with Gasteiger partial charge in [-0.25, -0.2) is 0 Å². The van der Waals surface area contributed by atoms with E-state index in [4.69, 9.17) is 0 Å². The molecule has 1 fully saturated rings. The maximum atomic E-state index is 12.2. The van der Waals surface area contributed by atoms with Gasteiger partial charge < -0.3 is 4.90 Å². The number of piperazine rings is 1. The van der Waals surface area contributed by atoms with Crippen LogP contribution in [-0.4, -0.2) is 39.5 Å². The van der Waals surface area contributed by atoms with Crippen LogP contribution in [-0.2, 0) is 14.4 Å². The van der Waals surface area contributed by atoms with E-state index < -0.39 is 17.4 Å². The quantitative estimate of drug-likeness (QED) is 0.602. The zero-order chi connectivity index (χ0) is 13.4. The monoisotopic (exact) mass is 304 g/mol. The zero-order valence-electron chi connectivity index (χ0n) is 10.4. The Labute approximate surface area is 109 Å². The highest BCUT2D eigenvalue weighted by Gasteiger charge is 2.45. The molecule has 0 aromatic rings. The number of hydrogen-bond donors (Lipinski definition) is 1. The number of rotatable bonds is 2. The third kappa shape index (κ3) is 2.68. The topological polar surface area (TPSA) is 66.5 Å². The van der Waals surface area contributed by atoms with E-state index in [1.807, 2.05) is 13.8 Å². The molecule has 1 atom stereocenters. The molecule has 0 aromatic heterocycles. The Kier molecular flexibility index (Phi) is 3.96. The van der Waals surface area contributed by atoms with Crippen LogP contribution in [0.15, 0.2) is 0 Å². The number of amides is 3. The largest absolute Gasteiger partial charge is 0.318 e. The number of carbonyl (C=O) groups is 3. The molecule has 96 valence electrons. The number of alkyl halides is 1. The lowest BCUT2D eigenvalue weighted by Crippen LogP contribution is -2.66. The molecule has 1 saturated heterocycles. The second-order valence-electron chi connectivity index (χ2n) is 5.01. The summed E-state index contributed by atoms with van der Waals surface area (Å²) in [5.41, 5.74) is -0.994. The van der Waals surface area contributed by atoms with Crippen LogP contribution in [0.1, 0.15) is 27.7 Å². The van der Waals surface area contributed by atoms with Gasteiger partial charge >= 0.3 is 0 Å². The molecule has 1 aliphatic heterocycles. The Bertz CT molecular complexity index is 366. The number of hydrogen-bond acceptors (Lipinski definition) is 3. The molecule has 0 spiro atoms. The fourth-order valence-corrected chi connectivity index (χ4v) is 1.82. The molecule has 1 rings (SSSR count). The van der Waals surface area contributed by atoms with Crippen LogP contribution in [0.5, 0.6) is 0 Å². The van der Waals surface area contributed by atoms with Gasteiger partial charge in [0.05, 0.1) is 4.83 Å². The van der Waals surface area contributed by atoms with Crippen molar-refractivity contribution >= 4 is 33.7 Å². The van der Waals surface area contributed by atoms with E-state index in [0.717, 1.165) is 0 Å². The second-order valence-corrected chi connectivity index (χ2v) is 5.99. The van der Waals surface area contributed by atoms with Crippen molar-refractivity contribution in [3.05, 3.63) is 0 Å². The summed E-state index contributed by atoms with van der Waals surface area (Å²) in [5.74, 6) is -1.01. The molecule has 1 unspecified atom stereocenters. The maximum absolute atomic E-state index is 12.2. The summed E-state index contributed by atoms with van der Waals surface area (Å²) < 4.78 is 0. The minimum absolute atomic E-state index is 0.0770. The average molecular weight is 305 g/mol. The highest BCUT2D eigenvalue weighted by atomic mass is 79.9. The van der Waals surface area contributed by atoms with E-state index in [-0.39, 0.29) is 23.2 Å². The molecule has 3 amide bonds. The third-order valence-electron chi connectivity index (χ3n) is 2.87. The van der Waals surface area contributed by atoms with Crippen molar-refractivity contribution in [2.45, 2.75) is 38.1 Å². The summed E-state index contributed by atoms with van der Waals surface area (Å²) in [6.07, 6.45) is 0. The molecule has 1 heterocycles. The normalized spacial score (nSPS) is 21.4. The molecule has 17 heavy (non-hydrogen) atoms. The fourth-order valence-electron chi connectivity index (χ4n) is 1.57. The van der Waals surface area contributed by atoms with Crippen LogP contribution < -0.4 is 5.32 Å². The van der Waals surface area contributed by atoms with Crippen LogP contribution in [0.25, 0.3) is 0 Å². The smallest absolute Gasteiger partial charge is 0.252 e. The standard InChI is InChI=1S/C11H17BrN2O3/c1-6(2)8(12)9(16)14-5-7(15)13-10(17)11(14,3)4/h6,8H,5H2,1-4H3,(H,13,15,17). The second kappa shape index (κ2) is 4.76. The minimum Gasteiger partial charge on any atom is -0.318 e. The molecule has 0 bridgehead atoms. The number of nitrogens with one attached hydrogen (secondary N) is 1. The number of carbonyl (C=O) groups excluding carboxylic acids is 3. The first-order valence-electron chi connectivity index (χ1n) is 5.47. The van der Waals surface area contributed by atoms with Gasteiger partial charge in [-0.05, 0) is 19.8 Å². The van der Waals surface area contributed by atoms with Crippen LogP contribution in [0.3, 0.4) is 0 Å². The molecule has 0 radical (unpaired) electrons. The van der Waals surface area contributed by atoms with Crippen LogP contribution in [0.4, 0.5) is 0 Å². The lowest BCUT2D eigenvalue weighted by molar-refractivity contribution is -0.155. The molecule has 6 heteroatoms. The predicted molar refractivity (Wildman–Crippen MR) is 66.5 cm³/mol. The summed E-state index contributed by atoms with van der Waals surface area (Å²) in [7, 11) is 0. The molecule has 0 aromatic carbocycles. The molecule has 1 aliphatic rings. The van der Waals surface area contributed by atoms with Gasteiger partial charge in [0, 0.05) is 0 Å². The van der Waals surface area contributed by atoms with Crippen molar-refractivity contribution in [1.29, 1.82) is 0 Å². The highest BCUT2D eigenvalue weighted by molar-refractivity contribution is 9.10. The van der Waals surface area contributed by atoms with E-state index >= 15 is 0 Å². The molecule has 0 aliphatic carbocycles. The van der Waals surface area contributed by atoms with Crippen molar-refractivity contribution in [2.24, 2.45) is 5.92 Å². The Morgan fingerprint density at radius 1 is 1.41 bits per heavy atom. The SMILES string of the molecule is CC(C)C(Br)C(=O)N1CC(=O)NC(=O)C1(C)C. The van der Waals surface area contributed by atoms with E-state index in [9.17, 15) is 14.4 Å². The van der Waals surface area contributed by atoms with Gasteiger partial charge in [0.25, 0.3) is 5.91 Å². The van der Waals surface area contributed by atoms with Gasteiger partial charge in [-0.1, -0.05) is 29.8 Å². The molecule has 1 N–H and O–H groups in total. The van der Waals surface area contributed by atoms with Crippen LogP contribution in [0, 0.1) is 5.92 Å². The molecular formula is C11H17BrN2O3. The van der Waals surface area contributed by atoms with Crippen LogP contribution in [0.2, 0.25) is 0 Å². The van der Waals surface area contributed by atoms with Gasteiger partial charge in [-0.2, -0.15) is 0 Å². The summed E-state index contributed by atoms with van der Waals surface area (Å²) >= 11 is 3.30. The first-order chi connectivity index (χ1) is 7.67. The van der Waals surface area contributed by atoms with Gasteiger partial charge in [-0.3, -0.25) is 19.7 Å². The maximum Gasteiger partial charge on any atom is 0.252 e. The molecule has 5 nitrogen and oxygen atoms in total. The molecular weight excluding hydrogens is 288 g/mol. The first-order valence-corrected chi connectivity index (χ1v) is 6.39. The minimum atomic E-state index is -0.994. The van der Waals surface area contributed by atoms with Gasteiger partial charge in [0.2, 0.25) is 11.8 Å². The van der Waals surface area contributed by atoms with Gasteiger partial charge in [0.1, 0.15) is 12.1 Å². The number of halogens is 1. The van der Waals surface area contributed by atoms with E-state index in [0.29, 0.717) is 0 Å². The Hall–Kier alpha value is -0.910. The summed E-state index contributed by atoms with van der Waals surface area (Å²) in [6.45, 7) is 6.98. The summed E-state index contributed by atoms with van der Waals surface area (Å²) in [4.78, 5) is 36.2. The zero-order valence-corrected chi connectivity index (χ0v) is 12.0. The Morgan fingerprint density at radius 3 is 2.41 bits per heavy atom. The predicted octanol–water partition coefficient (Wildman–Crippen LogP) is 0.669. The van der Waals surface area contributed by atoms with Crippen molar-refractivity contribution in [3.8, 4) is 0 Å². The Balaban J connectivity index is 2.98. The van der Waals surface area contributed by atoms with Crippen molar-refractivity contribution < 1.29 is 14.4 Å².